The first-order valence-corrected chi connectivity index (χ1v) is 6.92. The van der Waals surface area contributed by atoms with E-state index in [-0.39, 0.29) is 0 Å². The Bertz CT molecular complexity index is 375. The van der Waals surface area contributed by atoms with E-state index >= 15 is 0 Å². The highest BCUT2D eigenvalue weighted by Gasteiger charge is 2.38. The van der Waals surface area contributed by atoms with Gasteiger partial charge in [-0.15, -0.1) is 0 Å². The molecule has 2 rings (SSSR count). The summed E-state index contributed by atoms with van der Waals surface area (Å²) >= 11 is 0. The van der Waals surface area contributed by atoms with E-state index in [1.165, 1.54) is 5.56 Å². The van der Waals surface area contributed by atoms with Crippen LogP contribution in [-0.2, 0) is 11.2 Å². The van der Waals surface area contributed by atoms with Gasteiger partial charge in [0.25, 0.3) is 0 Å². The van der Waals surface area contributed by atoms with Crippen molar-refractivity contribution in [3.05, 3.63) is 35.4 Å². The maximum atomic E-state index is 10.4. The van der Waals surface area contributed by atoms with Crippen molar-refractivity contribution in [1.82, 2.24) is 0 Å². The molecule has 1 N–H and O–H groups in total. The molecule has 1 fully saturated rings. The molecule has 1 heterocycles. The summed E-state index contributed by atoms with van der Waals surface area (Å²) in [5.41, 5.74) is 1.89. The highest BCUT2D eigenvalue weighted by molar-refractivity contribution is 5.26. The summed E-state index contributed by atoms with van der Waals surface area (Å²) in [4.78, 5) is 0. The molecule has 2 atom stereocenters. The fourth-order valence-electron chi connectivity index (χ4n) is 2.68. The van der Waals surface area contributed by atoms with Crippen molar-refractivity contribution in [2.75, 3.05) is 6.61 Å². The van der Waals surface area contributed by atoms with Crippen molar-refractivity contribution in [2.45, 2.75) is 51.7 Å². The molecular formula is C16H24O2. The molecular weight excluding hydrogens is 224 g/mol. The molecule has 0 bridgehead atoms. The minimum Gasteiger partial charge on any atom is -0.385 e. The zero-order valence-corrected chi connectivity index (χ0v) is 11.6. The molecule has 1 aliphatic heterocycles. The van der Waals surface area contributed by atoms with Crippen LogP contribution in [0.15, 0.2) is 24.3 Å². The Hall–Kier alpha value is -0.860. The largest absolute Gasteiger partial charge is 0.385 e. The monoisotopic (exact) mass is 248 g/mol. The Morgan fingerprint density at radius 3 is 2.44 bits per heavy atom. The molecule has 1 aromatic rings. The van der Waals surface area contributed by atoms with Gasteiger partial charge in [0.05, 0.1) is 5.60 Å². The highest BCUT2D eigenvalue weighted by Crippen LogP contribution is 2.37. The first-order valence-electron chi connectivity index (χ1n) is 6.92. The summed E-state index contributed by atoms with van der Waals surface area (Å²) in [6.07, 6.45) is 2.54. The molecule has 1 saturated heterocycles. The topological polar surface area (TPSA) is 29.5 Å². The molecule has 0 spiro atoms. The quantitative estimate of drug-likeness (QED) is 0.884. The number of rotatable bonds is 4. The van der Waals surface area contributed by atoms with Gasteiger partial charge in [-0.05, 0) is 43.2 Å². The van der Waals surface area contributed by atoms with Gasteiger partial charge >= 0.3 is 0 Å². The number of hydrogen-bond donors (Lipinski definition) is 1. The van der Waals surface area contributed by atoms with Crippen LogP contribution in [0.1, 0.15) is 50.8 Å². The average Bonchev–Trinajstić information content (AvgIpc) is 2.77. The van der Waals surface area contributed by atoms with Gasteiger partial charge < -0.3 is 9.84 Å². The number of ether oxygens (including phenoxy) is 1. The van der Waals surface area contributed by atoms with E-state index in [0.29, 0.717) is 5.92 Å². The van der Waals surface area contributed by atoms with Crippen LogP contribution in [0.2, 0.25) is 0 Å². The smallest absolute Gasteiger partial charge is 0.108 e. The van der Waals surface area contributed by atoms with Crippen molar-refractivity contribution in [3.8, 4) is 0 Å². The SMILES string of the molecule is CC(C)Cc1ccc(C(O)C2(C)CCCO2)cc1. The van der Waals surface area contributed by atoms with Crippen molar-refractivity contribution < 1.29 is 9.84 Å². The van der Waals surface area contributed by atoms with E-state index in [2.05, 4.69) is 26.0 Å². The lowest BCUT2D eigenvalue weighted by molar-refractivity contribution is -0.0796. The molecule has 2 heteroatoms. The van der Waals surface area contributed by atoms with Crippen LogP contribution >= 0.6 is 0 Å². The maximum Gasteiger partial charge on any atom is 0.108 e. The zero-order valence-electron chi connectivity index (χ0n) is 11.6. The van der Waals surface area contributed by atoms with Crippen molar-refractivity contribution in [3.63, 3.8) is 0 Å². The fourth-order valence-corrected chi connectivity index (χ4v) is 2.68. The Morgan fingerprint density at radius 2 is 1.94 bits per heavy atom. The third-order valence-electron chi connectivity index (χ3n) is 3.77. The lowest BCUT2D eigenvalue weighted by Gasteiger charge is -2.29. The summed E-state index contributed by atoms with van der Waals surface area (Å²) in [7, 11) is 0. The van der Waals surface area contributed by atoms with E-state index in [1.807, 2.05) is 19.1 Å². The van der Waals surface area contributed by atoms with Crippen LogP contribution in [0.4, 0.5) is 0 Å². The van der Waals surface area contributed by atoms with E-state index < -0.39 is 11.7 Å². The maximum absolute atomic E-state index is 10.4. The first-order chi connectivity index (χ1) is 8.51. The fraction of sp³-hybridized carbons (Fsp3) is 0.625. The minimum atomic E-state index is -0.520. The summed E-state index contributed by atoms with van der Waals surface area (Å²) in [5.74, 6) is 0.663. The molecule has 1 aromatic carbocycles. The molecule has 18 heavy (non-hydrogen) atoms. The standard InChI is InChI=1S/C16H24O2/c1-12(2)11-13-5-7-14(8-6-13)15(17)16(3)9-4-10-18-16/h5-8,12,15,17H,4,9-11H2,1-3H3. The van der Waals surface area contributed by atoms with Gasteiger partial charge in [0.1, 0.15) is 6.10 Å². The molecule has 1 aliphatic rings. The van der Waals surface area contributed by atoms with Crippen LogP contribution < -0.4 is 0 Å². The Kier molecular flexibility index (Phi) is 4.08. The minimum absolute atomic E-state index is 0.403. The summed E-state index contributed by atoms with van der Waals surface area (Å²) < 4.78 is 5.70. The molecule has 0 aliphatic carbocycles. The molecule has 2 nitrogen and oxygen atoms in total. The second-order valence-corrected chi connectivity index (χ2v) is 6.01. The van der Waals surface area contributed by atoms with Gasteiger partial charge in [-0.25, -0.2) is 0 Å². The summed E-state index contributed by atoms with van der Waals surface area (Å²) in [5, 5.41) is 10.4. The van der Waals surface area contributed by atoms with Crippen LogP contribution in [-0.4, -0.2) is 17.3 Å². The first kappa shape index (κ1) is 13.6. The summed E-state index contributed by atoms with van der Waals surface area (Å²) in [6.45, 7) is 7.21. The van der Waals surface area contributed by atoms with Crippen molar-refractivity contribution >= 4 is 0 Å². The van der Waals surface area contributed by atoms with Gasteiger partial charge in [0, 0.05) is 6.61 Å². The predicted octanol–water partition coefficient (Wildman–Crippen LogP) is 3.49. The van der Waals surface area contributed by atoms with E-state index in [9.17, 15) is 5.11 Å². The van der Waals surface area contributed by atoms with Crippen LogP contribution in [0.5, 0.6) is 0 Å². The number of benzene rings is 1. The Labute approximate surface area is 110 Å². The Balaban J connectivity index is 2.09. The van der Waals surface area contributed by atoms with Crippen molar-refractivity contribution in [1.29, 1.82) is 0 Å². The van der Waals surface area contributed by atoms with E-state index in [4.69, 9.17) is 4.74 Å². The van der Waals surface area contributed by atoms with Crippen LogP contribution in [0.25, 0.3) is 0 Å². The predicted molar refractivity (Wildman–Crippen MR) is 73.5 cm³/mol. The zero-order chi connectivity index (χ0) is 13.2. The highest BCUT2D eigenvalue weighted by atomic mass is 16.5. The van der Waals surface area contributed by atoms with Gasteiger partial charge in [0.15, 0.2) is 0 Å². The molecule has 0 aromatic heterocycles. The number of aliphatic hydroxyl groups excluding tert-OH is 1. The van der Waals surface area contributed by atoms with E-state index in [0.717, 1.165) is 31.4 Å². The molecule has 100 valence electrons. The number of hydrogen-bond acceptors (Lipinski definition) is 2. The average molecular weight is 248 g/mol. The lowest BCUT2D eigenvalue weighted by Crippen LogP contribution is -2.31. The third kappa shape index (κ3) is 2.93. The third-order valence-corrected chi connectivity index (χ3v) is 3.77. The van der Waals surface area contributed by atoms with Gasteiger partial charge in [-0.3, -0.25) is 0 Å². The van der Waals surface area contributed by atoms with Crippen LogP contribution in [0, 0.1) is 5.92 Å². The van der Waals surface area contributed by atoms with E-state index in [1.54, 1.807) is 0 Å². The molecule has 2 unspecified atom stereocenters. The number of aliphatic hydroxyl groups is 1. The molecule has 0 radical (unpaired) electrons. The normalized spacial score (nSPS) is 25.6. The van der Waals surface area contributed by atoms with Gasteiger partial charge in [-0.2, -0.15) is 0 Å². The van der Waals surface area contributed by atoms with Crippen LogP contribution in [0.3, 0.4) is 0 Å². The summed E-state index contributed by atoms with van der Waals surface area (Å²) in [6, 6.07) is 8.32. The molecule has 0 saturated carbocycles. The second kappa shape index (κ2) is 5.41. The van der Waals surface area contributed by atoms with Crippen molar-refractivity contribution in [2.24, 2.45) is 5.92 Å². The van der Waals surface area contributed by atoms with Gasteiger partial charge in [0.2, 0.25) is 0 Å². The Morgan fingerprint density at radius 1 is 1.28 bits per heavy atom. The second-order valence-electron chi connectivity index (χ2n) is 6.01. The lowest BCUT2D eigenvalue weighted by atomic mass is 9.89. The molecule has 0 amide bonds. The van der Waals surface area contributed by atoms with Gasteiger partial charge in [-0.1, -0.05) is 38.1 Å².